The van der Waals surface area contributed by atoms with Gasteiger partial charge in [-0.05, 0) is 55.0 Å². The zero-order chi connectivity index (χ0) is 18.5. The van der Waals surface area contributed by atoms with Gasteiger partial charge in [0.15, 0.2) is 0 Å². The zero-order valence-corrected chi connectivity index (χ0v) is 15.2. The minimum atomic E-state index is -0.401. The van der Waals surface area contributed by atoms with Crippen molar-refractivity contribution >= 4 is 28.9 Å². The molecule has 134 valence electrons. The van der Waals surface area contributed by atoms with Crippen molar-refractivity contribution in [1.82, 2.24) is 9.88 Å². The van der Waals surface area contributed by atoms with Crippen LogP contribution in [-0.2, 0) is 11.3 Å². The van der Waals surface area contributed by atoms with Crippen molar-refractivity contribution in [3.8, 4) is 5.69 Å². The fourth-order valence-corrected chi connectivity index (χ4v) is 2.76. The van der Waals surface area contributed by atoms with Crippen LogP contribution < -0.4 is 16.4 Å². The van der Waals surface area contributed by atoms with Gasteiger partial charge in [0.2, 0.25) is 5.91 Å². The molecule has 3 aromatic rings. The molecule has 0 spiro atoms. The van der Waals surface area contributed by atoms with Crippen LogP contribution in [0.15, 0.2) is 67.0 Å². The molecular formula is C20H21ClN4O. The summed E-state index contributed by atoms with van der Waals surface area (Å²) in [7, 11) is 0. The van der Waals surface area contributed by atoms with Gasteiger partial charge in [-0.3, -0.25) is 4.79 Å². The van der Waals surface area contributed by atoms with Crippen LogP contribution >= 0.6 is 11.6 Å². The first kappa shape index (κ1) is 17.9. The van der Waals surface area contributed by atoms with Gasteiger partial charge < -0.3 is 20.9 Å². The van der Waals surface area contributed by atoms with Gasteiger partial charge in [-0.25, -0.2) is 0 Å². The van der Waals surface area contributed by atoms with E-state index in [9.17, 15) is 4.79 Å². The molecule has 0 saturated heterocycles. The number of rotatable bonds is 6. The zero-order valence-electron chi connectivity index (χ0n) is 14.4. The summed E-state index contributed by atoms with van der Waals surface area (Å²) in [4.78, 5) is 12.4. The van der Waals surface area contributed by atoms with Crippen molar-refractivity contribution in [1.29, 1.82) is 0 Å². The number of nitrogens with one attached hydrogen (secondary N) is 2. The third-order valence-corrected chi connectivity index (χ3v) is 4.25. The molecule has 1 amide bonds. The van der Waals surface area contributed by atoms with Crippen LogP contribution in [0.5, 0.6) is 0 Å². The van der Waals surface area contributed by atoms with E-state index in [2.05, 4.69) is 10.6 Å². The Morgan fingerprint density at radius 2 is 1.85 bits per heavy atom. The van der Waals surface area contributed by atoms with E-state index in [1.54, 1.807) is 12.1 Å². The molecule has 1 heterocycles. The van der Waals surface area contributed by atoms with Crippen molar-refractivity contribution in [2.24, 2.45) is 0 Å². The maximum atomic E-state index is 12.4. The number of nitrogens with two attached hydrogens (primary N) is 1. The molecule has 0 radical (unpaired) electrons. The number of nitrogen functional groups attached to an aromatic ring is 1. The molecule has 1 aromatic heterocycles. The molecular weight excluding hydrogens is 348 g/mol. The molecule has 2 aromatic carbocycles. The first-order chi connectivity index (χ1) is 12.5. The second kappa shape index (κ2) is 7.97. The Bertz CT molecular complexity index is 875. The lowest BCUT2D eigenvalue weighted by Crippen LogP contribution is -2.37. The quantitative estimate of drug-likeness (QED) is 0.579. The first-order valence-corrected chi connectivity index (χ1v) is 8.71. The van der Waals surface area contributed by atoms with Crippen LogP contribution in [0.3, 0.4) is 0 Å². The van der Waals surface area contributed by atoms with Crippen LogP contribution in [0, 0.1) is 0 Å². The molecule has 1 unspecified atom stereocenters. The van der Waals surface area contributed by atoms with Crippen molar-refractivity contribution < 1.29 is 4.79 Å². The number of hydrogen-bond donors (Lipinski definition) is 3. The lowest BCUT2D eigenvalue weighted by Gasteiger charge is -2.17. The fraction of sp³-hybridized carbons (Fsp3) is 0.150. The Balaban J connectivity index is 1.62. The topological polar surface area (TPSA) is 72.1 Å². The number of benzene rings is 2. The maximum Gasteiger partial charge on any atom is 0.242 e. The van der Waals surface area contributed by atoms with E-state index in [-0.39, 0.29) is 5.91 Å². The molecule has 4 N–H and O–H groups in total. The highest BCUT2D eigenvalue weighted by molar-refractivity contribution is 6.30. The maximum absolute atomic E-state index is 12.4. The highest BCUT2D eigenvalue weighted by Crippen LogP contribution is 2.20. The van der Waals surface area contributed by atoms with Crippen LogP contribution in [0.25, 0.3) is 5.69 Å². The third kappa shape index (κ3) is 4.58. The van der Waals surface area contributed by atoms with Crippen molar-refractivity contribution in [3.05, 3.63) is 77.6 Å². The summed E-state index contributed by atoms with van der Waals surface area (Å²) in [6, 6.07) is 16.5. The van der Waals surface area contributed by atoms with Crippen LogP contribution in [0.4, 0.5) is 11.4 Å². The first-order valence-electron chi connectivity index (χ1n) is 8.34. The highest BCUT2D eigenvalue weighted by Gasteiger charge is 2.13. The summed E-state index contributed by atoms with van der Waals surface area (Å²) in [5.41, 5.74) is 9.36. The number of carbonyl (C=O) groups excluding carboxylic acids is 1. The second-order valence-corrected chi connectivity index (χ2v) is 6.55. The van der Waals surface area contributed by atoms with Gasteiger partial charge in [0, 0.05) is 41.0 Å². The summed E-state index contributed by atoms with van der Waals surface area (Å²) in [6.07, 6.45) is 3.89. The van der Waals surface area contributed by atoms with E-state index in [1.807, 2.05) is 66.3 Å². The summed E-state index contributed by atoms with van der Waals surface area (Å²) in [5, 5.41) is 6.79. The normalized spacial score (nSPS) is 11.8. The van der Waals surface area contributed by atoms with Crippen molar-refractivity contribution in [2.45, 2.75) is 19.5 Å². The fourth-order valence-electron chi connectivity index (χ4n) is 2.63. The Labute approximate surface area is 157 Å². The Hall–Kier alpha value is -2.92. The molecule has 0 saturated carbocycles. The number of nitrogens with zero attached hydrogens (tertiary/aromatic N) is 1. The smallest absolute Gasteiger partial charge is 0.242 e. The number of anilines is 2. The molecule has 6 heteroatoms. The van der Waals surface area contributed by atoms with Gasteiger partial charge in [0.25, 0.3) is 0 Å². The van der Waals surface area contributed by atoms with Crippen molar-refractivity contribution in [3.63, 3.8) is 0 Å². The van der Waals surface area contributed by atoms with Gasteiger partial charge in [-0.15, -0.1) is 0 Å². The van der Waals surface area contributed by atoms with Gasteiger partial charge in [-0.2, -0.15) is 0 Å². The van der Waals surface area contributed by atoms with E-state index in [0.717, 1.165) is 16.9 Å². The molecule has 0 fully saturated rings. The monoisotopic (exact) mass is 368 g/mol. The average Bonchev–Trinajstić information content (AvgIpc) is 3.15. The lowest BCUT2D eigenvalue weighted by atomic mass is 10.2. The second-order valence-electron chi connectivity index (χ2n) is 6.11. The van der Waals surface area contributed by atoms with Crippen molar-refractivity contribution in [2.75, 3.05) is 11.1 Å². The van der Waals surface area contributed by atoms with E-state index < -0.39 is 6.04 Å². The molecule has 0 aliphatic rings. The van der Waals surface area contributed by atoms with Crippen LogP contribution in [0.2, 0.25) is 5.02 Å². The number of aromatic nitrogens is 1. The van der Waals surface area contributed by atoms with Gasteiger partial charge in [0.05, 0.1) is 0 Å². The molecule has 0 bridgehead atoms. The summed E-state index contributed by atoms with van der Waals surface area (Å²) in [6.45, 7) is 2.27. The largest absolute Gasteiger partial charge is 0.399 e. The number of halogens is 1. The Kier molecular flexibility index (Phi) is 5.49. The summed E-state index contributed by atoms with van der Waals surface area (Å²) in [5.74, 6) is -0.0927. The average molecular weight is 369 g/mol. The minimum absolute atomic E-state index is 0.0927. The van der Waals surface area contributed by atoms with E-state index >= 15 is 0 Å². The van der Waals surface area contributed by atoms with E-state index in [4.69, 9.17) is 17.3 Å². The van der Waals surface area contributed by atoms with Gasteiger partial charge in [0.1, 0.15) is 6.04 Å². The van der Waals surface area contributed by atoms with Crippen LogP contribution in [-0.4, -0.2) is 16.5 Å². The summed E-state index contributed by atoms with van der Waals surface area (Å²) >= 11 is 5.87. The molecule has 5 nitrogen and oxygen atoms in total. The predicted octanol–water partition coefficient (Wildman–Crippen LogP) is 3.83. The lowest BCUT2D eigenvalue weighted by molar-refractivity contribution is -0.121. The highest BCUT2D eigenvalue weighted by atomic mass is 35.5. The predicted molar refractivity (Wildman–Crippen MR) is 107 cm³/mol. The van der Waals surface area contributed by atoms with Gasteiger partial charge >= 0.3 is 0 Å². The van der Waals surface area contributed by atoms with Crippen LogP contribution in [0.1, 0.15) is 12.5 Å². The molecule has 3 rings (SSSR count). The molecule has 26 heavy (non-hydrogen) atoms. The molecule has 0 aliphatic carbocycles. The number of hydrogen-bond acceptors (Lipinski definition) is 3. The number of amides is 1. The SMILES string of the molecule is CC(Nc1cc(N)cc(-n2cccc2)c1)C(=O)NCc1ccc(Cl)cc1. The molecule has 0 aliphatic heterocycles. The molecule has 1 atom stereocenters. The Morgan fingerprint density at radius 1 is 1.15 bits per heavy atom. The van der Waals surface area contributed by atoms with E-state index in [1.165, 1.54) is 0 Å². The minimum Gasteiger partial charge on any atom is -0.399 e. The number of carbonyl (C=O) groups is 1. The Morgan fingerprint density at radius 3 is 2.54 bits per heavy atom. The standard InChI is InChI=1S/C20H21ClN4O/c1-14(20(26)23-13-15-4-6-16(21)7-5-15)24-18-10-17(22)11-19(12-18)25-8-2-3-9-25/h2-12,14,24H,13,22H2,1H3,(H,23,26). The third-order valence-electron chi connectivity index (χ3n) is 4.00. The van der Waals surface area contributed by atoms with E-state index in [0.29, 0.717) is 17.3 Å². The summed E-state index contributed by atoms with van der Waals surface area (Å²) < 4.78 is 1.97. The van der Waals surface area contributed by atoms with Gasteiger partial charge in [-0.1, -0.05) is 23.7 Å².